The predicted molar refractivity (Wildman–Crippen MR) is 118 cm³/mol. The van der Waals surface area contributed by atoms with Crippen LogP contribution in [0.25, 0.3) is 0 Å². The molecule has 0 unspecified atom stereocenters. The average Bonchev–Trinajstić information content (AvgIpc) is 3.27. The van der Waals surface area contributed by atoms with Crippen LogP contribution in [-0.2, 0) is 6.42 Å². The van der Waals surface area contributed by atoms with Gasteiger partial charge in [0.25, 0.3) is 5.91 Å². The van der Waals surface area contributed by atoms with E-state index >= 15 is 0 Å². The molecule has 0 atom stereocenters. The lowest BCUT2D eigenvalue weighted by molar-refractivity contribution is 0.0954. The topological polar surface area (TPSA) is 74.3 Å². The van der Waals surface area contributed by atoms with E-state index in [1.54, 1.807) is 58.5 Å². The van der Waals surface area contributed by atoms with E-state index in [-0.39, 0.29) is 11.9 Å². The summed E-state index contributed by atoms with van der Waals surface area (Å²) in [5.74, 6) is 0.689. The van der Waals surface area contributed by atoms with Gasteiger partial charge in [0.05, 0.1) is 5.69 Å². The van der Waals surface area contributed by atoms with Gasteiger partial charge in [-0.05, 0) is 54.3 Å². The Morgan fingerprint density at radius 1 is 1.10 bits per heavy atom. The van der Waals surface area contributed by atoms with E-state index in [0.717, 1.165) is 22.9 Å². The van der Waals surface area contributed by atoms with E-state index in [4.69, 9.17) is 0 Å². The summed E-state index contributed by atoms with van der Waals surface area (Å²) >= 11 is 3.33. The van der Waals surface area contributed by atoms with Crippen molar-refractivity contribution in [3.8, 4) is 0 Å². The van der Waals surface area contributed by atoms with E-state index in [2.05, 4.69) is 21.7 Å². The standard InChI is InChI=1S/C21H20N4O2S2/c26-19(22-11-9-17-3-2-13-28-17)15-5-7-16(8-6-15)24-21(27)25-12-14-29-20-18(25)4-1-10-23-20/h1-8,10,13H,9,11-12,14H2,(H,22,26)(H,24,27). The zero-order valence-electron chi connectivity index (χ0n) is 15.6. The lowest BCUT2D eigenvalue weighted by Gasteiger charge is -2.28. The zero-order chi connectivity index (χ0) is 20.1. The van der Waals surface area contributed by atoms with Crippen molar-refractivity contribution < 1.29 is 9.59 Å². The third-order valence-corrected chi connectivity index (χ3v) is 6.39. The van der Waals surface area contributed by atoms with Crippen LogP contribution >= 0.6 is 23.1 Å². The molecular formula is C21H20N4O2S2. The second-order valence-electron chi connectivity index (χ2n) is 6.42. The summed E-state index contributed by atoms with van der Waals surface area (Å²) in [5.41, 5.74) is 2.04. The Morgan fingerprint density at radius 3 is 2.76 bits per heavy atom. The second kappa shape index (κ2) is 9.11. The Morgan fingerprint density at radius 2 is 1.97 bits per heavy atom. The Balaban J connectivity index is 1.33. The van der Waals surface area contributed by atoms with Gasteiger partial charge < -0.3 is 10.6 Å². The van der Waals surface area contributed by atoms with Crippen LogP contribution in [0.15, 0.2) is 65.1 Å². The van der Waals surface area contributed by atoms with E-state index in [0.29, 0.717) is 24.3 Å². The van der Waals surface area contributed by atoms with Crippen molar-refractivity contribution in [1.82, 2.24) is 10.3 Å². The van der Waals surface area contributed by atoms with Gasteiger partial charge in [0.1, 0.15) is 5.03 Å². The molecule has 4 rings (SSSR count). The Bertz CT molecular complexity index is 990. The smallest absolute Gasteiger partial charge is 0.326 e. The molecule has 0 fully saturated rings. The molecule has 2 aromatic heterocycles. The highest BCUT2D eigenvalue weighted by molar-refractivity contribution is 7.99. The summed E-state index contributed by atoms with van der Waals surface area (Å²) in [6.45, 7) is 1.22. The molecule has 0 saturated carbocycles. The number of rotatable bonds is 5. The summed E-state index contributed by atoms with van der Waals surface area (Å²) < 4.78 is 0. The highest BCUT2D eigenvalue weighted by Crippen LogP contribution is 2.32. The fourth-order valence-corrected chi connectivity index (χ4v) is 4.65. The number of pyridine rings is 1. The van der Waals surface area contributed by atoms with Crippen molar-refractivity contribution in [2.45, 2.75) is 11.4 Å². The largest absolute Gasteiger partial charge is 0.352 e. The van der Waals surface area contributed by atoms with Crippen LogP contribution in [0.4, 0.5) is 16.2 Å². The number of urea groups is 1. The van der Waals surface area contributed by atoms with Gasteiger partial charge in [0.2, 0.25) is 0 Å². The first-order valence-electron chi connectivity index (χ1n) is 9.28. The summed E-state index contributed by atoms with van der Waals surface area (Å²) in [4.78, 5) is 32.3. The number of nitrogens with zero attached hydrogens (tertiary/aromatic N) is 2. The highest BCUT2D eigenvalue weighted by atomic mass is 32.2. The summed E-state index contributed by atoms with van der Waals surface area (Å²) in [6, 6.07) is 14.5. The third kappa shape index (κ3) is 4.78. The molecule has 2 N–H and O–H groups in total. The molecule has 1 aromatic carbocycles. The minimum atomic E-state index is -0.201. The maximum Gasteiger partial charge on any atom is 0.326 e. The molecule has 0 aliphatic carbocycles. The van der Waals surface area contributed by atoms with Crippen LogP contribution in [0.1, 0.15) is 15.2 Å². The Hall–Kier alpha value is -2.84. The Kier molecular flexibility index (Phi) is 6.12. The number of hydrogen-bond donors (Lipinski definition) is 2. The van der Waals surface area contributed by atoms with Crippen LogP contribution in [0.2, 0.25) is 0 Å². The minimum Gasteiger partial charge on any atom is -0.352 e. The molecule has 6 nitrogen and oxygen atoms in total. The van der Waals surface area contributed by atoms with Gasteiger partial charge in [-0.2, -0.15) is 0 Å². The molecule has 0 spiro atoms. The summed E-state index contributed by atoms with van der Waals surface area (Å²) in [6.07, 6.45) is 2.56. The molecule has 3 amide bonds. The lowest BCUT2D eigenvalue weighted by atomic mass is 10.2. The maximum atomic E-state index is 12.7. The van der Waals surface area contributed by atoms with Gasteiger partial charge in [-0.15, -0.1) is 23.1 Å². The summed E-state index contributed by atoms with van der Waals surface area (Å²) in [5, 5.41) is 8.72. The van der Waals surface area contributed by atoms with Gasteiger partial charge in [-0.25, -0.2) is 9.78 Å². The SMILES string of the molecule is O=C(NCCc1cccs1)c1ccc(NC(=O)N2CCSc3ncccc32)cc1. The molecule has 8 heteroatoms. The third-order valence-electron chi connectivity index (χ3n) is 4.48. The lowest BCUT2D eigenvalue weighted by Crippen LogP contribution is -2.38. The maximum absolute atomic E-state index is 12.7. The quantitative estimate of drug-likeness (QED) is 0.642. The molecule has 3 heterocycles. The number of nitrogens with one attached hydrogen (secondary N) is 2. The van der Waals surface area contributed by atoms with Gasteiger partial charge in [0, 0.05) is 41.2 Å². The van der Waals surface area contributed by atoms with Gasteiger partial charge in [0.15, 0.2) is 0 Å². The molecule has 0 saturated heterocycles. The van der Waals surface area contributed by atoms with Crippen molar-refractivity contribution in [3.05, 3.63) is 70.5 Å². The normalized spacial score (nSPS) is 12.9. The number of hydrogen-bond acceptors (Lipinski definition) is 5. The van der Waals surface area contributed by atoms with Crippen molar-refractivity contribution in [2.24, 2.45) is 0 Å². The number of thiophene rings is 1. The fraction of sp³-hybridized carbons (Fsp3) is 0.190. The first-order chi connectivity index (χ1) is 14.2. The number of thioether (sulfide) groups is 1. The van der Waals surface area contributed by atoms with Gasteiger partial charge in [-0.3, -0.25) is 9.69 Å². The van der Waals surface area contributed by atoms with Crippen LogP contribution in [0.3, 0.4) is 0 Å². The van der Waals surface area contributed by atoms with E-state index in [1.807, 2.05) is 23.6 Å². The van der Waals surface area contributed by atoms with E-state index in [1.165, 1.54) is 4.88 Å². The Labute approximate surface area is 177 Å². The van der Waals surface area contributed by atoms with Gasteiger partial charge in [-0.1, -0.05) is 6.07 Å². The molecule has 0 bridgehead atoms. The number of carbonyl (C=O) groups excluding carboxylic acids is 2. The number of aromatic nitrogens is 1. The second-order valence-corrected chi connectivity index (χ2v) is 8.54. The number of anilines is 2. The summed E-state index contributed by atoms with van der Waals surface area (Å²) in [7, 11) is 0. The molecular weight excluding hydrogens is 404 g/mol. The van der Waals surface area contributed by atoms with Crippen LogP contribution < -0.4 is 15.5 Å². The first kappa shape index (κ1) is 19.5. The van der Waals surface area contributed by atoms with Crippen LogP contribution in [0, 0.1) is 0 Å². The van der Waals surface area contributed by atoms with Crippen molar-refractivity contribution in [1.29, 1.82) is 0 Å². The van der Waals surface area contributed by atoms with Crippen molar-refractivity contribution in [2.75, 3.05) is 29.1 Å². The fourth-order valence-electron chi connectivity index (χ4n) is 3.02. The van der Waals surface area contributed by atoms with Crippen molar-refractivity contribution >= 4 is 46.4 Å². The average molecular weight is 425 g/mol. The molecule has 1 aliphatic heterocycles. The monoisotopic (exact) mass is 424 g/mol. The predicted octanol–water partition coefficient (Wildman–Crippen LogP) is 4.26. The highest BCUT2D eigenvalue weighted by Gasteiger charge is 2.23. The number of fused-ring (bicyclic) bond motifs is 1. The first-order valence-corrected chi connectivity index (χ1v) is 11.1. The van der Waals surface area contributed by atoms with E-state index < -0.39 is 0 Å². The van der Waals surface area contributed by atoms with Crippen molar-refractivity contribution in [3.63, 3.8) is 0 Å². The van der Waals surface area contributed by atoms with Crippen LogP contribution in [0.5, 0.6) is 0 Å². The van der Waals surface area contributed by atoms with Gasteiger partial charge >= 0.3 is 6.03 Å². The molecule has 3 aromatic rings. The molecule has 148 valence electrons. The number of amides is 3. The zero-order valence-corrected chi connectivity index (χ0v) is 17.3. The number of benzene rings is 1. The minimum absolute atomic E-state index is 0.118. The molecule has 1 aliphatic rings. The van der Waals surface area contributed by atoms with Crippen LogP contribution in [-0.4, -0.2) is 35.8 Å². The number of carbonyl (C=O) groups is 2. The molecule has 29 heavy (non-hydrogen) atoms. The molecule has 0 radical (unpaired) electrons. The van der Waals surface area contributed by atoms with E-state index in [9.17, 15) is 9.59 Å².